The van der Waals surface area contributed by atoms with E-state index in [2.05, 4.69) is 0 Å². The van der Waals surface area contributed by atoms with Crippen LogP contribution < -0.4 is 4.90 Å². The Bertz CT molecular complexity index is 1380. The van der Waals surface area contributed by atoms with E-state index in [0.717, 1.165) is 49.5 Å². The first-order valence-electron chi connectivity index (χ1n) is 14.6. The predicted octanol–water partition coefficient (Wildman–Crippen LogP) is 9.76. The van der Waals surface area contributed by atoms with Crippen LogP contribution in [0.5, 0.6) is 0 Å². The summed E-state index contributed by atoms with van der Waals surface area (Å²) in [6.07, 6.45) is -14.2. The van der Waals surface area contributed by atoms with E-state index in [1.54, 1.807) is 13.8 Å². The molecule has 1 fully saturated rings. The Balaban J connectivity index is 1.92. The highest BCUT2D eigenvalue weighted by Crippen LogP contribution is 2.48. The maximum absolute atomic E-state index is 13.9. The minimum Gasteiger partial charge on any atom is -0.453 e. The first-order valence-corrected chi connectivity index (χ1v) is 14.6. The number of carbonyl (C=O) groups is 2. The minimum absolute atomic E-state index is 0.0144. The molecule has 0 saturated heterocycles. The SMILES string of the molecule is COC(=O)N(Cc1cc(C(F)(F)F)cc(C(F)(F)F)c1)[C@@H]1C[C@H](C2CCCCC2)N(C(=O)OC(C)C)c2ccc(C(F)(F)F)cc21. The average Bonchev–Trinajstić information content (AvgIpc) is 2.97. The van der Waals surface area contributed by atoms with Crippen LogP contribution in [0.15, 0.2) is 36.4 Å². The normalized spacial score (nSPS) is 19.5. The Morgan fingerprint density at radius 1 is 0.848 bits per heavy atom. The molecule has 2 aromatic carbocycles. The fraction of sp³-hybridized carbons (Fsp3) is 0.548. The van der Waals surface area contributed by atoms with E-state index in [1.165, 1.54) is 4.90 Å². The van der Waals surface area contributed by atoms with E-state index >= 15 is 0 Å². The summed E-state index contributed by atoms with van der Waals surface area (Å²) >= 11 is 0. The van der Waals surface area contributed by atoms with Crippen molar-refractivity contribution < 1.29 is 58.6 Å². The molecule has 6 nitrogen and oxygen atoms in total. The van der Waals surface area contributed by atoms with Gasteiger partial charge in [-0.1, -0.05) is 19.3 Å². The molecule has 0 N–H and O–H groups in total. The zero-order chi connectivity index (χ0) is 34.2. The van der Waals surface area contributed by atoms with Gasteiger partial charge in [0, 0.05) is 12.6 Å². The highest BCUT2D eigenvalue weighted by atomic mass is 19.4. The second-order valence-corrected chi connectivity index (χ2v) is 11.8. The summed E-state index contributed by atoms with van der Waals surface area (Å²) in [5.41, 5.74) is -5.14. The van der Waals surface area contributed by atoms with E-state index in [-0.39, 0.29) is 29.7 Å². The Labute approximate surface area is 259 Å². The second kappa shape index (κ2) is 13.2. The number of nitrogens with zero attached hydrogens (tertiary/aromatic N) is 2. The molecule has 2 amide bonds. The van der Waals surface area contributed by atoms with E-state index < -0.39 is 77.7 Å². The molecule has 0 aromatic heterocycles. The lowest BCUT2D eigenvalue weighted by molar-refractivity contribution is -0.143. The molecular weight excluding hydrogens is 635 g/mol. The fourth-order valence-corrected chi connectivity index (χ4v) is 6.29. The smallest absolute Gasteiger partial charge is 0.416 e. The molecule has 0 radical (unpaired) electrons. The number of alkyl halides is 9. The van der Waals surface area contributed by atoms with Crippen molar-refractivity contribution in [1.82, 2.24) is 4.90 Å². The van der Waals surface area contributed by atoms with Gasteiger partial charge in [0.1, 0.15) is 0 Å². The number of carbonyl (C=O) groups excluding carboxylic acids is 2. The molecule has 0 bridgehead atoms. The number of fused-ring (bicyclic) bond motifs is 1. The molecule has 1 heterocycles. The van der Waals surface area contributed by atoms with Gasteiger partial charge in [-0.2, -0.15) is 39.5 Å². The van der Waals surface area contributed by atoms with Gasteiger partial charge >= 0.3 is 30.7 Å². The van der Waals surface area contributed by atoms with E-state index in [9.17, 15) is 49.1 Å². The number of hydrogen-bond donors (Lipinski definition) is 0. The van der Waals surface area contributed by atoms with Crippen LogP contribution in [0.25, 0.3) is 0 Å². The molecule has 0 unspecified atom stereocenters. The molecule has 1 saturated carbocycles. The molecule has 1 aliphatic carbocycles. The van der Waals surface area contributed by atoms with E-state index in [4.69, 9.17) is 9.47 Å². The third kappa shape index (κ3) is 7.83. The highest BCUT2D eigenvalue weighted by Gasteiger charge is 2.46. The van der Waals surface area contributed by atoms with Crippen LogP contribution in [0, 0.1) is 5.92 Å². The molecular formula is C31H33F9N2O4. The van der Waals surface area contributed by atoms with Crippen LogP contribution in [-0.2, 0) is 34.5 Å². The summed E-state index contributed by atoms with van der Waals surface area (Å²) in [6, 6.07) is 1.36. The van der Waals surface area contributed by atoms with Crippen molar-refractivity contribution in [3.8, 4) is 0 Å². The summed E-state index contributed by atoms with van der Waals surface area (Å²) < 4.78 is 134. The maximum Gasteiger partial charge on any atom is 0.416 e. The zero-order valence-electron chi connectivity index (χ0n) is 25.2. The molecule has 2 aliphatic rings. The number of ether oxygens (including phenoxy) is 2. The third-order valence-corrected chi connectivity index (χ3v) is 8.28. The summed E-state index contributed by atoms with van der Waals surface area (Å²) in [6.45, 7) is 2.32. The summed E-state index contributed by atoms with van der Waals surface area (Å²) in [5, 5.41) is 0. The van der Waals surface area contributed by atoms with Crippen molar-refractivity contribution in [3.63, 3.8) is 0 Å². The van der Waals surface area contributed by atoms with Crippen molar-refractivity contribution in [2.45, 2.75) is 95.6 Å². The zero-order valence-corrected chi connectivity index (χ0v) is 25.2. The van der Waals surface area contributed by atoms with Crippen molar-refractivity contribution in [2.24, 2.45) is 5.92 Å². The van der Waals surface area contributed by atoms with Gasteiger partial charge in [0.2, 0.25) is 0 Å². The number of amides is 2. The molecule has 1 aliphatic heterocycles. The molecule has 15 heteroatoms. The number of hydrogen-bond acceptors (Lipinski definition) is 4. The monoisotopic (exact) mass is 668 g/mol. The Hall–Kier alpha value is -3.65. The van der Waals surface area contributed by atoms with Gasteiger partial charge in [-0.25, -0.2) is 9.59 Å². The number of methoxy groups -OCH3 is 1. The summed E-state index contributed by atoms with van der Waals surface area (Å²) in [7, 11) is 0.934. The van der Waals surface area contributed by atoms with Gasteiger partial charge < -0.3 is 9.47 Å². The number of anilines is 1. The Morgan fingerprint density at radius 3 is 1.91 bits per heavy atom. The molecule has 46 heavy (non-hydrogen) atoms. The van der Waals surface area contributed by atoms with Gasteiger partial charge in [-0.3, -0.25) is 9.80 Å². The lowest BCUT2D eigenvalue weighted by Crippen LogP contribution is -2.52. The largest absolute Gasteiger partial charge is 0.453 e. The van der Waals surface area contributed by atoms with Crippen molar-refractivity contribution >= 4 is 17.9 Å². The van der Waals surface area contributed by atoms with Crippen LogP contribution in [0.1, 0.15) is 86.2 Å². The lowest BCUT2D eigenvalue weighted by atomic mass is 9.77. The standard InChI is InChI=1S/C31H33F9N2O4/c1-17(2)46-28(44)42-24-10-9-20(29(32,33)34)14-23(24)26(15-25(42)19-7-5-4-6-8-19)41(27(43)45-3)16-18-11-21(30(35,36)37)13-22(12-18)31(38,39)40/h9-14,17,19,25-26H,4-8,15-16H2,1-3H3/t25-,26-/m1/s1. The molecule has 4 rings (SSSR count). The van der Waals surface area contributed by atoms with Gasteiger partial charge in [-0.05, 0) is 86.6 Å². The van der Waals surface area contributed by atoms with Crippen molar-refractivity contribution in [2.75, 3.05) is 12.0 Å². The topological polar surface area (TPSA) is 59.1 Å². The third-order valence-electron chi connectivity index (χ3n) is 8.28. The number of benzene rings is 2. The van der Waals surface area contributed by atoms with E-state index in [0.29, 0.717) is 25.0 Å². The Morgan fingerprint density at radius 2 is 1.41 bits per heavy atom. The van der Waals surface area contributed by atoms with Gasteiger partial charge in [0.05, 0.1) is 41.6 Å². The van der Waals surface area contributed by atoms with Crippen LogP contribution in [-0.4, -0.2) is 36.3 Å². The van der Waals surface area contributed by atoms with Crippen LogP contribution in [0.2, 0.25) is 0 Å². The first kappa shape index (κ1) is 35.2. The highest BCUT2D eigenvalue weighted by molar-refractivity contribution is 5.91. The lowest BCUT2D eigenvalue weighted by Gasteiger charge is -2.47. The predicted molar refractivity (Wildman–Crippen MR) is 148 cm³/mol. The quantitative estimate of drug-likeness (QED) is 0.298. The molecule has 0 spiro atoms. The molecule has 2 atom stereocenters. The maximum atomic E-state index is 13.9. The average molecular weight is 669 g/mol. The minimum atomic E-state index is -5.17. The fourth-order valence-electron chi connectivity index (χ4n) is 6.29. The van der Waals surface area contributed by atoms with Gasteiger partial charge in [0.25, 0.3) is 0 Å². The second-order valence-electron chi connectivity index (χ2n) is 11.8. The first-order chi connectivity index (χ1) is 21.3. The van der Waals surface area contributed by atoms with Crippen LogP contribution >= 0.6 is 0 Å². The Kier molecular flexibility index (Phi) is 10.1. The van der Waals surface area contributed by atoms with Crippen molar-refractivity contribution in [1.29, 1.82) is 0 Å². The van der Waals surface area contributed by atoms with Gasteiger partial charge in [-0.15, -0.1) is 0 Å². The van der Waals surface area contributed by atoms with E-state index in [1.807, 2.05) is 0 Å². The number of rotatable bonds is 5. The summed E-state index contributed by atoms with van der Waals surface area (Å²) in [5.74, 6) is -0.184. The van der Waals surface area contributed by atoms with Crippen LogP contribution in [0.4, 0.5) is 54.8 Å². The summed E-state index contributed by atoms with van der Waals surface area (Å²) in [4.78, 5) is 28.8. The molecule has 2 aromatic rings. The van der Waals surface area contributed by atoms with Crippen molar-refractivity contribution in [3.05, 3.63) is 64.2 Å². The number of halogens is 9. The molecule has 254 valence electrons. The van der Waals surface area contributed by atoms with Crippen LogP contribution in [0.3, 0.4) is 0 Å². The van der Waals surface area contributed by atoms with Gasteiger partial charge in [0.15, 0.2) is 0 Å².